The lowest BCUT2D eigenvalue weighted by Gasteiger charge is -2.05. The second-order valence-electron chi connectivity index (χ2n) is 5.08. The van der Waals surface area contributed by atoms with E-state index in [0.717, 1.165) is 22.6 Å². The Morgan fingerprint density at radius 3 is 2.46 bits per heavy atom. The third kappa shape index (κ3) is 3.39. The number of halogens is 1. The number of hydrogen-bond acceptors (Lipinski definition) is 4. The van der Waals surface area contributed by atoms with E-state index in [-0.39, 0.29) is 0 Å². The van der Waals surface area contributed by atoms with Crippen LogP contribution in [-0.2, 0) is 0 Å². The lowest BCUT2D eigenvalue weighted by atomic mass is 10.1. The second-order valence-corrected chi connectivity index (χ2v) is 5.91. The molecule has 1 aromatic heterocycles. The molecule has 0 aliphatic heterocycles. The number of methoxy groups -OCH3 is 1. The van der Waals surface area contributed by atoms with Crippen LogP contribution < -0.4 is 4.74 Å². The summed E-state index contributed by atoms with van der Waals surface area (Å²) in [5.41, 5.74) is 2.66. The molecule has 0 saturated carbocycles. The zero-order valence-electron chi connectivity index (χ0n) is 13.2. The first-order valence-electron chi connectivity index (χ1n) is 7.22. The van der Waals surface area contributed by atoms with E-state index >= 15 is 0 Å². The van der Waals surface area contributed by atoms with Gasteiger partial charge in [0.1, 0.15) is 5.75 Å². The molecule has 3 aromatic rings. The van der Waals surface area contributed by atoms with Crippen LogP contribution in [0.5, 0.6) is 5.75 Å². The molecule has 0 amide bonds. The van der Waals surface area contributed by atoms with Crippen LogP contribution in [0.25, 0.3) is 11.4 Å². The molecule has 0 unspecified atom stereocenters. The van der Waals surface area contributed by atoms with Gasteiger partial charge in [-0.1, -0.05) is 11.6 Å². The molecule has 0 atom stereocenters. The van der Waals surface area contributed by atoms with E-state index in [4.69, 9.17) is 28.6 Å². The molecule has 0 aliphatic rings. The Morgan fingerprint density at radius 2 is 1.83 bits per heavy atom. The summed E-state index contributed by atoms with van der Waals surface area (Å²) in [4.78, 5) is 0. The van der Waals surface area contributed by atoms with Gasteiger partial charge >= 0.3 is 0 Å². The summed E-state index contributed by atoms with van der Waals surface area (Å²) >= 11 is 11.2. The zero-order valence-corrected chi connectivity index (χ0v) is 14.7. The fourth-order valence-corrected chi connectivity index (χ4v) is 2.51. The van der Waals surface area contributed by atoms with Crippen molar-refractivity contribution in [3.05, 3.63) is 63.9 Å². The highest BCUT2D eigenvalue weighted by Crippen LogP contribution is 2.20. The minimum atomic E-state index is 0.424. The third-order valence-electron chi connectivity index (χ3n) is 3.51. The number of rotatable bonds is 4. The van der Waals surface area contributed by atoms with Crippen LogP contribution in [0.1, 0.15) is 12.5 Å². The van der Waals surface area contributed by atoms with Crippen molar-refractivity contribution in [2.24, 2.45) is 5.10 Å². The average Bonchev–Trinajstić information content (AvgIpc) is 2.96. The Bertz CT molecular complexity index is 926. The van der Waals surface area contributed by atoms with Crippen molar-refractivity contribution in [2.75, 3.05) is 7.11 Å². The first-order valence-corrected chi connectivity index (χ1v) is 8.00. The van der Waals surface area contributed by atoms with Crippen LogP contribution in [-0.4, -0.2) is 27.7 Å². The Labute approximate surface area is 149 Å². The molecular formula is C17H15ClN4OS. The monoisotopic (exact) mass is 358 g/mol. The van der Waals surface area contributed by atoms with Gasteiger partial charge in [0.25, 0.3) is 0 Å². The van der Waals surface area contributed by atoms with Crippen molar-refractivity contribution < 1.29 is 4.74 Å². The number of aromatic amines is 1. The molecule has 122 valence electrons. The molecule has 7 heteroatoms. The van der Waals surface area contributed by atoms with Gasteiger partial charge in [-0.05, 0) is 73.2 Å². The number of H-pyrrole nitrogens is 1. The van der Waals surface area contributed by atoms with Gasteiger partial charge in [0.05, 0.1) is 12.8 Å². The zero-order chi connectivity index (χ0) is 17.1. The van der Waals surface area contributed by atoms with Crippen molar-refractivity contribution >= 4 is 29.5 Å². The molecule has 3 rings (SSSR count). The van der Waals surface area contributed by atoms with Crippen molar-refractivity contribution in [1.29, 1.82) is 0 Å². The summed E-state index contributed by atoms with van der Waals surface area (Å²) < 4.78 is 7.21. The van der Waals surface area contributed by atoms with Gasteiger partial charge in [0.2, 0.25) is 4.77 Å². The molecule has 24 heavy (non-hydrogen) atoms. The van der Waals surface area contributed by atoms with Gasteiger partial charge in [-0.3, -0.25) is 0 Å². The number of nitrogens with one attached hydrogen (secondary N) is 1. The lowest BCUT2D eigenvalue weighted by Crippen LogP contribution is -2.01. The van der Waals surface area contributed by atoms with Crippen LogP contribution in [0, 0.1) is 4.77 Å². The van der Waals surface area contributed by atoms with Gasteiger partial charge in [0, 0.05) is 10.6 Å². The van der Waals surface area contributed by atoms with Gasteiger partial charge < -0.3 is 4.74 Å². The van der Waals surface area contributed by atoms with E-state index in [1.807, 2.05) is 43.3 Å². The number of hydrogen-bond donors (Lipinski definition) is 1. The highest BCUT2D eigenvalue weighted by Gasteiger charge is 2.09. The highest BCUT2D eigenvalue weighted by atomic mass is 35.5. The Balaban J connectivity index is 2.01. The minimum absolute atomic E-state index is 0.424. The van der Waals surface area contributed by atoms with E-state index in [0.29, 0.717) is 15.6 Å². The largest absolute Gasteiger partial charge is 0.497 e. The van der Waals surface area contributed by atoms with E-state index in [1.54, 1.807) is 23.9 Å². The molecule has 0 fully saturated rings. The van der Waals surface area contributed by atoms with Gasteiger partial charge in [0.15, 0.2) is 5.82 Å². The molecule has 0 aliphatic carbocycles. The first-order chi connectivity index (χ1) is 11.6. The van der Waals surface area contributed by atoms with Crippen molar-refractivity contribution in [1.82, 2.24) is 14.9 Å². The van der Waals surface area contributed by atoms with Gasteiger partial charge in [-0.2, -0.15) is 14.9 Å². The molecule has 0 saturated heterocycles. The molecule has 1 heterocycles. The standard InChI is InChI=1S/C17H15ClN4OS/c1-11(12-5-9-15(23-2)10-6-12)21-22-16(19-20-17(22)24)13-3-7-14(18)8-4-13/h3-10H,1-2H3,(H,20,24)/b21-11+. The predicted octanol–water partition coefficient (Wildman–Crippen LogP) is 4.54. The van der Waals surface area contributed by atoms with Crippen molar-refractivity contribution in [3.8, 4) is 17.1 Å². The lowest BCUT2D eigenvalue weighted by molar-refractivity contribution is 0.415. The van der Waals surface area contributed by atoms with E-state index < -0.39 is 0 Å². The Morgan fingerprint density at radius 1 is 1.17 bits per heavy atom. The predicted molar refractivity (Wildman–Crippen MR) is 98.5 cm³/mol. The minimum Gasteiger partial charge on any atom is -0.497 e. The van der Waals surface area contributed by atoms with Crippen LogP contribution in [0.3, 0.4) is 0 Å². The summed E-state index contributed by atoms with van der Waals surface area (Å²) in [7, 11) is 1.64. The Kier molecular flexibility index (Phi) is 4.78. The quantitative estimate of drug-likeness (QED) is 0.550. The summed E-state index contributed by atoms with van der Waals surface area (Å²) in [5.74, 6) is 1.43. The van der Waals surface area contributed by atoms with E-state index in [9.17, 15) is 0 Å². The summed E-state index contributed by atoms with van der Waals surface area (Å²) in [5, 5.41) is 12.3. The topological polar surface area (TPSA) is 55.2 Å². The smallest absolute Gasteiger partial charge is 0.216 e. The van der Waals surface area contributed by atoms with Crippen LogP contribution >= 0.6 is 23.8 Å². The maximum Gasteiger partial charge on any atom is 0.216 e. The summed E-state index contributed by atoms with van der Waals surface area (Å²) in [6.45, 7) is 1.92. The van der Waals surface area contributed by atoms with Crippen LogP contribution in [0.15, 0.2) is 53.6 Å². The molecular weight excluding hydrogens is 344 g/mol. The highest BCUT2D eigenvalue weighted by molar-refractivity contribution is 7.71. The van der Waals surface area contributed by atoms with E-state index in [2.05, 4.69) is 15.3 Å². The fraction of sp³-hybridized carbons (Fsp3) is 0.118. The molecule has 0 spiro atoms. The number of aromatic nitrogens is 3. The maximum absolute atomic E-state index is 5.94. The fourth-order valence-electron chi connectivity index (χ4n) is 2.21. The first kappa shape index (κ1) is 16.4. The normalized spacial score (nSPS) is 11.5. The van der Waals surface area contributed by atoms with Gasteiger partial charge in [-0.15, -0.1) is 0 Å². The molecule has 0 radical (unpaired) electrons. The number of ether oxygens (including phenoxy) is 1. The SMILES string of the molecule is COc1ccc(/C(C)=N/n2c(-c3ccc(Cl)cc3)n[nH]c2=S)cc1. The Hall–Kier alpha value is -2.44. The summed E-state index contributed by atoms with van der Waals surface area (Å²) in [6, 6.07) is 15.0. The maximum atomic E-state index is 5.94. The average molecular weight is 359 g/mol. The summed E-state index contributed by atoms with van der Waals surface area (Å²) in [6.07, 6.45) is 0. The number of benzene rings is 2. The molecule has 5 nitrogen and oxygen atoms in total. The van der Waals surface area contributed by atoms with Crippen LogP contribution in [0.4, 0.5) is 0 Å². The van der Waals surface area contributed by atoms with Crippen molar-refractivity contribution in [2.45, 2.75) is 6.92 Å². The van der Waals surface area contributed by atoms with E-state index in [1.165, 1.54) is 0 Å². The number of nitrogens with zero attached hydrogens (tertiary/aromatic N) is 3. The van der Waals surface area contributed by atoms with Crippen LogP contribution in [0.2, 0.25) is 5.02 Å². The van der Waals surface area contributed by atoms with Gasteiger partial charge in [-0.25, -0.2) is 5.10 Å². The third-order valence-corrected chi connectivity index (χ3v) is 4.03. The molecule has 1 N–H and O–H groups in total. The van der Waals surface area contributed by atoms with Crippen molar-refractivity contribution in [3.63, 3.8) is 0 Å². The molecule has 0 bridgehead atoms. The second kappa shape index (κ2) is 6.98. The molecule has 2 aromatic carbocycles.